The van der Waals surface area contributed by atoms with E-state index in [0.29, 0.717) is 12.5 Å². The second-order valence-electron chi connectivity index (χ2n) is 3.72. The van der Waals surface area contributed by atoms with E-state index in [4.69, 9.17) is 5.53 Å². The first-order valence-corrected chi connectivity index (χ1v) is 5.32. The average molecular weight is 183 g/mol. The van der Waals surface area contributed by atoms with Gasteiger partial charge in [0.05, 0.1) is 0 Å². The molecule has 0 heterocycles. The van der Waals surface area contributed by atoms with Gasteiger partial charge in [-0.25, -0.2) is 0 Å². The summed E-state index contributed by atoms with van der Waals surface area (Å²) in [7, 11) is 0. The van der Waals surface area contributed by atoms with Crippen molar-refractivity contribution >= 4 is 0 Å². The third-order valence-electron chi connectivity index (χ3n) is 2.26. The van der Waals surface area contributed by atoms with Gasteiger partial charge < -0.3 is 0 Å². The van der Waals surface area contributed by atoms with Gasteiger partial charge in [0.2, 0.25) is 0 Å². The van der Waals surface area contributed by atoms with Gasteiger partial charge in [0.1, 0.15) is 0 Å². The number of unbranched alkanes of at least 4 members (excludes halogenated alkanes) is 4. The first kappa shape index (κ1) is 12.3. The Kier molecular flexibility index (Phi) is 8.90. The maximum Gasteiger partial charge on any atom is 0.0283 e. The molecule has 0 aliphatic carbocycles. The van der Waals surface area contributed by atoms with Crippen molar-refractivity contribution in [1.82, 2.24) is 0 Å². The zero-order valence-electron chi connectivity index (χ0n) is 8.87. The lowest BCUT2D eigenvalue weighted by molar-refractivity contribution is 0.493. The van der Waals surface area contributed by atoms with Crippen molar-refractivity contribution in [3.63, 3.8) is 0 Å². The van der Waals surface area contributed by atoms with Crippen LogP contribution in [0.4, 0.5) is 0 Å². The van der Waals surface area contributed by atoms with E-state index in [1.54, 1.807) is 0 Å². The first-order chi connectivity index (χ1) is 6.31. The molecule has 3 heteroatoms. The summed E-state index contributed by atoms with van der Waals surface area (Å²) >= 11 is 0. The Morgan fingerprint density at radius 1 is 1.23 bits per heavy atom. The quantitative estimate of drug-likeness (QED) is 0.233. The van der Waals surface area contributed by atoms with Crippen LogP contribution in [0.5, 0.6) is 0 Å². The molecule has 1 unspecified atom stereocenters. The fourth-order valence-electron chi connectivity index (χ4n) is 1.36. The SMILES string of the molecule is CCCCCCCC(C)CN=[N+]=[N-]. The van der Waals surface area contributed by atoms with Gasteiger partial charge in [-0.1, -0.05) is 57.5 Å². The number of azide groups is 1. The predicted molar refractivity (Wildman–Crippen MR) is 56.6 cm³/mol. The van der Waals surface area contributed by atoms with Gasteiger partial charge in [0, 0.05) is 11.5 Å². The van der Waals surface area contributed by atoms with E-state index >= 15 is 0 Å². The molecule has 0 saturated carbocycles. The van der Waals surface area contributed by atoms with Crippen LogP contribution in [0.3, 0.4) is 0 Å². The smallest absolute Gasteiger partial charge is 0.0283 e. The van der Waals surface area contributed by atoms with E-state index in [-0.39, 0.29) is 0 Å². The largest absolute Gasteiger partial charge is 0.0937 e. The van der Waals surface area contributed by atoms with Crippen molar-refractivity contribution in [2.75, 3.05) is 6.54 Å². The van der Waals surface area contributed by atoms with E-state index in [1.807, 2.05) is 0 Å². The van der Waals surface area contributed by atoms with Crippen LogP contribution in [-0.2, 0) is 0 Å². The minimum atomic E-state index is 0.553. The third-order valence-corrected chi connectivity index (χ3v) is 2.26. The Morgan fingerprint density at radius 2 is 1.92 bits per heavy atom. The molecule has 0 aliphatic heterocycles. The number of hydrogen-bond donors (Lipinski definition) is 0. The van der Waals surface area contributed by atoms with Gasteiger partial charge in [0.15, 0.2) is 0 Å². The lowest BCUT2D eigenvalue weighted by atomic mass is 10.0. The minimum absolute atomic E-state index is 0.553. The summed E-state index contributed by atoms with van der Waals surface area (Å²) < 4.78 is 0. The summed E-state index contributed by atoms with van der Waals surface area (Å²) in [6.07, 6.45) is 7.81. The van der Waals surface area contributed by atoms with Crippen LogP contribution in [0, 0.1) is 5.92 Å². The zero-order valence-corrected chi connectivity index (χ0v) is 8.87. The molecular formula is C10H21N3. The molecule has 0 N–H and O–H groups in total. The summed E-state index contributed by atoms with van der Waals surface area (Å²) in [5, 5.41) is 3.57. The highest BCUT2D eigenvalue weighted by Crippen LogP contribution is 2.11. The Balaban J connectivity index is 3.16. The molecule has 0 spiro atoms. The van der Waals surface area contributed by atoms with Crippen molar-refractivity contribution in [1.29, 1.82) is 0 Å². The van der Waals surface area contributed by atoms with Gasteiger partial charge >= 0.3 is 0 Å². The maximum atomic E-state index is 8.12. The second-order valence-corrected chi connectivity index (χ2v) is 3.72. The first-order valence-electron chi connectivity index (χ1n) is 5.32. The summed E-state index contributed by atoms with van der Waals surface area (Å²) in [6.45, 7) is 5.03. The van der Waals surface area contributed by atoms with E-state index in [2.05, 4.69) is 23.9 Å². The van der Waals surface area contributed by atoms with E-state index in [0.717, 1.165) is 0 Å². The maximum absolute atomic E-state index is 8.12. The number of nitrogens with zero attached hydrogens (tertiary/aromatic N) is 3. The van der Waals surface area contributed by atoms with Crippen LogP contribution in [0.15, 0.2) is 5.11 Å². The predicted octanol–water partition coefficient (Wildman–Crippen LogP) is 4.29. The topological polar surface area (TPSA) is 48.8 Å². The third kappa shape index (κ3) is 9.22. The Labute approximate surface area is 81.2 Å². The highest BCUT2D eigenvalue weighted by atomic mass is 15.1. The van der Waals surface area contributed by atoms with Crippen LogP contribution in [-0.4, -0.2) is 6.54 Å². The normalized spacial score (nSPS) is 12.2. The van der Waals surface area contributed by atoms with E-state index in [1.165, 1.54) is 38.5 Å². The molecule has 0 aromatic heterocycles. The molecule has 76 valence electrons. The lowest BCUT2D eigenvalue weighted by Crippen LogP contribution is -1.98. The molecule has 0 rings (SSSR count). The van der Waals surface area contributed by atoms with Crippen molar-refractivity contribution in [2.24, 2.45) is 11.0 Å². The van der Waals surface area contributed by atoms with Crippen LogP contribution in [0.1, 0.15) is 52.4 Å². The van der Waals surface area contributed by atoms with Crippen LogP contribution < -0.4 is 0 Å². The molecular weight excluding hydrogens is 162 g/mol. The molecule has 13 heavy (non-hydrogen) atoms. The number of rotatable bonds is 8. The van der Waals surface area contributed by atoms with Gasteiger partial charge in [-0.05, 0) is 11.4 Å². The van der Waals surface area contributed by atoms with Gasteiger partial charge in [0.25, 0.3) is 0 Å². The fourth-order valence-corrected chi connectivity index (χ4v) is 1.36. The molecule has 0 saturated heterocycles. The van der Waals surface area contributed by atoms with Gasteiger partial charge in [-0.3, -0.25) is 0 Å². The van der Waals surface area contributed by atoms with Gasteiger partial charge in [-0.15, -0.1) is 0 Å². The fraction of sp³-hybridized carbons (Fsp3) is 1.00. The Bertz CT molecular complexity index is 150. The standard InChI is InChI=1S/C10H21N3/c1-3-4-5-6-7-8-10(2)9-12-13-11/h10H,3-9H2,1-2H3. The minimum Gasteiger partial charge on any atom is -0.0937 e. The monoisotopic (exact) mass is 183 g/mol. The highest BCUT2D eigenvalue weighted by Gasteiger charge is 1.99. The molecule has 1 atom stereocenters. The summed E-state index contributed by atoms with van der Waals surface area (Å²) in [4.78, 5) is 2.76. The number of hydrogen-bond acceptors (Lipinski definition) is 1. The van der Waals surface area contributed by atoms with E-state index < -0.39 is 0 Å². The average Bonchev–Trinajstić information content (AvgIpc) is 2.14. The Morgan fingerprint density at radius 3 is 2.54 bits per heavy atom. The second kappa shape index (κ2) is 9.40. The van der Waals surface area contributed by atoms with Crippen LogP contribution >= 0.6 is 0 Å². The molecule has 0 radical (unpaired) electrons. The molecule has 0 amide bonds. The van der Waals surface area contributed by atoms with Crippen molar-refractivity contribution in [3.8, 4) is 0 Å². The van der Waals surface area contributed by atoms with Crippen LogP contribution in [0.25, 0.3) is 10.4 Å². The molecule has 0 aromatic carbocycles. The van der Waals surface area contributed by atoms with Crippen LogP contribution in [0.2, 0.25) is 0 Å². The summed E-state index contributed by atoms with van der Waals surface area (Å²) in [6, 6.07) is 0. The summed E-state index contributed by atoms with van der Waals surface area (Å²) in [5.74, 6) is 0.553. The zero-order chi connectivity index (χ0) is 9.94. The summed E-state index contributed by atoms with van der Waals surface area (Å²) in [5.41, 5.74) is 8.12. The molecule has 0 fully saturated rings. The van der Waals surface area contributed by atoms with Crippen molar-refractivity contribution < 1.29 is 0 Å². The molecule has 3 nitrogen and oxygen atoms in total. The molecule has 0 aromatic rings. The van der Waals surface area contributed by atoms with E-state index in [9.17, 15) is 0 Å². The molecule has 0 aliphatic rings. The lowest BCUT2D eigenvalue weighted by Gasteiger charge is -2.06. The molecule has 0 bridgehead atoms. The van der Waals surface area contributed by atoms with Crippen molar-refractivity contribution in [3.05, 3.63) is 10.4 Å². The Hall–Kier alpha value is -0.690. The van der Waals surface area contributed by atoms with Crippen molar-refractivity contribution in [2.45, 2.75) is 52.4 Å². The van der Waals surface area contributed by atoms with Gasteiger partial charge in [-0.2, -0.15) is 0 Å². The highest BCUT2D eigenvalue weighted by molar-refractivity contribution is 4.57.